The molecule has 9 heteroatoms. The molecule has 1 aliphatic rings. The number of fused-ring (bicyclic) bond motifs is 1. The molecule has 41 heavy (non-hydrogen) atoms. The van der Waals surface area contributed by atoms with E-state index < -0.39 is 6.04 Å². The molecular weight excluding hydrogens is 516 g/mol. The number of carbonyl (C=O) groups is 2. The highest BCUT2D eigenvalue weighted by Gasteiger charge is 2.33. The van der Waals surface area contributed by atoms with Crippen LogP contribution in [0.4, 0.5) is 5.69 Å². The van der Waals surface area contributed by atoms with Crippen LogP contribution in [-0.2, 0) is 22.7 Å². The molecule has 3 aromatic carbocycles. The number of methoxy groups -OCH3 is 1. The van der Waals surface area contributed by atoms with E-state index in [1.807, 2.05) is 91.8 Å². The van der Waals surface area contributed by atoms with Gasteiger partial charge in [-0.1, -0.05) is 60.9 Å². The summed E-state index contributed by atoms with van der Waals surface area (Å²) in [7, 11) is 5.57. The zero-order valence-corrected chi connectivity index (χ0v) is 24.0. The van der Waals surface area contributed by atoms with Gasteiger partial charge in [-0.2, -0.15) is 0 Å². The molecular formula is C32H38N6O3. The molecule has 0 bridgehead atoms. The van der Waals surface area contributed by atoms with Crippen LogP contribution in [0.3, 0.4) is 0 Å². The van der Waals surface area contributed by atoms with Crippen molar-refractivity contribution in [2.24, 2.45) is 0 Å². The van der Waals surface area contributed by atoms with Gasteiger partial charge in [0.05, 0.1) is 12.6 Å². The topological polar surface area (TPSA) is 92.6 Å². The zero-order chi connectivity index (χ0) is 28.8. The van der Waals surface area contributed by atoms with E-state index >= 15 is 0 Å². The molecule has 1 heterocycles. The van der Waals surface area contributed by atoms with Crippen molar-refractivity contribution in [1.29, 1.82) is 0 Å². The Labute approximate surface area is 241 Å². The Bertz CT molecular complexity index is 1460. The van der Waals surface area contributed by atoms with Gasteiger partial charge in [0.1, 0.15) is 23.9 Å². The Kier molecular flexibility index (Phi) is 8.82. The van der Waals surface area contributed by atoms with Crippen LogP contribution in [0.2, 0.25) is 0 Å². The highest BCUT2D eigenvalue weighted by molar-refractivity contribution is 5.89. The minimum absolute atomic E-state index is 0.0420. The lowest BCUT2D eigenvalue weighted by molar-refractivity contribution is -0.142. The van der Waals surface area contributed by atoms with Crippen molar-refractivity contribution in [3.05, 3.63) is 83.9 Å². The maximum absolute atomic E-state index is 14.2. The number of nitrogens with one attached hydrogen (secondary N) is 1. The van der Waals surface area contributed by atoms with Crippen LogP contribution in [0.25, 0.3) is 11.0 Å². The highest BCUT2D eigenvalue weighted by atomic mass is 16.5. The van der Waals surface area contributed by atoms with Gasteiger partial charge in [0, 0.05) is 32.4 Å². The Balaban J connectivity index is 1.52. The Hall–Kier alpha value is -4.40. The van der Waals surface area contributed by atoms with Gasteiger partial charge < -0.3 is 19.9 Å². The normalized spacial score (nSPS) is 14.4. The summed E-state index contributed by atoms with van der Waals surface area (Å²) in [6.45, 7) is 0.202. The average Bonchev–Trinajstić information content (AvgIpc) is 3.40. The first-order chi connectivity index (χ1) is 19.9. The quantitative estimate of drug-likeness (QED) is 0.305. The number of hydrogen-bond acceptors (Lipinski definition) is 6. The summed E-state index contributed by atoms with van der Waals surface area (Å²) in [5.41, 5.74) is 4.15. The first-order valence-electron chi connectivity index (χ1n) is 14.2. The number of carbonyl (C=O) groups excluding carboxylic acids is 2. The van der Waals surface area contributed by atoms with E-state index in [4.69, 9.17) is 4.74 Å². The first kappa shape index (κ1) is 28.1. The number of nitrogens with zero attached hydrogens (tertiary/aromatic N) is 5. The lowest BCUT2D eigenvalue weighted by Gasteiger charge is -2.34. The summed E-state index contributed by atoms with van der Waals surface area (Å²) in [6, 6.07) is 22.3. The van der Waals surface area contributed by atoms with Gasteiger partial charge in [-0.25, -0.2) is 4.68 Å². The van der Waals surface area contributed by atoms with E-state index in [0.29, 0.717) is 5.52 Å². The second-order valence-electron chi connectivity index (χ2n) is 10.8. The van der Waals surface area contributed by atoms with Gasteiger partial charge in [-0.05, 0) is 60.4 Å². The summed E-state index contributed by atoms with van der Waals surface area (Å²) in [6.07, 6.45) is 5.29. The monoisotopic (exact) mass is 554 g/mol. The molecule has 1 unspecified atom stereocenters. The minimum atomic E-state index is -0.822. The SMILES string of the molecule is COc1ccc(CN(C(=O)Cn2nnc3ccccc32)C(C(=O)NC2CCCCC2)c2ccc(N(C)C)cc2)cc1. The fourth-order valence-electron chi connectivity index (χ4n) is 5.46. The lowest BCUT2D eigenvalue weighted by atomic mass is 9.94. The Morgan fingerprint density at radius 3 is 2.37 bits per heavy atom. The maximum atomic E-state index is 14.2. The number of benzene rings is 3. The Morgan fingerprint density at radius 1 is 0.976 bits per heavy atom. The smallest absolute Gasteiger partial charge is 0.247 e. The van der Waals surface area contributed by atoms with Crippen molar-refractivity contribution in [2.45, 2.75) is 57.3 Å². The van der Waals surface area contributed by atoms with Gasteiger partial charge in [-0.15, -0.1) is 5.10 Å². The van der Waals surface area contributed by atoms with Gasteiger partial charge in [0.15, 0.2) is 0 Å². The largest absolute Gasteiger partial charge is 0.497 e. The van der Waals surface area contributed by atoms with E-state index in [0.717, 1.165) is 53.8 Å². The fraction of sp³-hybridized carbons (Fsp3) is 0.375. The minimum Gasteiger partial charge on any atom is -0.497 e. The number of anilines is 1. The number of aromatic nitrogens is 3. The molecule has 1 N–H and O–H groups in total. The van der Waals surface area contributed by atoms with Crippen molar-refractivity contribution in [2.75, 3.05) is 26.1 Å². The van der Waals surface area contributed by atoms with Gasteiger partial charge in [0.2, 0.25) is 11.8 Å². The number of rotatable bonds is 10. The van der Waals surface area contributed by atoms with Crippen LogP contribution in [0, 0.1) is 0 Å². The molecule has 1 atom stereocenters. The van der Waals surface area contributed by atoms with Crippen molar-refractivity contribution in [1.82, 2.24) is 25.2 Å². The standard InChI is InChI=1S/C32H38N6O3/c1-36(2)26-17-15-24(16-18-26)31(32(40)33-25-9-5-4-6-10-25)37(21-23-13-19-27(41-3)20-14-23)30(39)22-38-29-12-8-7-11-28(29)34-35-38/h7-8,11-20,25,31H,4-6,9-10,21-22H2,1-3H3,(H,33,40). The average molecular weight is 555 g/mol. The molecule has 2 amide bonds. The van der Waals surface area contributed by atoms with Crippen LogP contribution < -0.4 is 15.0 Å². The van der Waals surface area contributed by atoms with Gasteiger partial charge in [-0.3, -0.25) is 9.59 Å². The summed E-state index contributed by atoms with van der Waals surface area (Å²) >= 11 is 0. The lowest BCUT2D eigenvalue weighted by Crippen LogP contribution is -2.47. The second-order valence-corrected chi connectivity index (χ2v) is 10.8. The number of ether oxygens (including phenoxy) is 1. The van der Waals surface area contributed by atoms with Gasteiger partial charge >= 0.3 is 0 Å². The van der Waals surface area contributed by atoms with E-state index in [9.17, 15) is 9.59 Å². The van der Waals surface area contributed by atoms with Crippen molar-refractivity contribution < 1.29 is 14.3 Å². The van der Waals surface area contributed by atoms with E-state index in [1.54, 1.807) is 16.7 Å². The molecule has 9 nitrogen and oxygen atoms in total. The van der Waals surface area contributed by atoms with E-state index in [2.05, 4.69) is 15.6 Å². The predicted octanol–water partition coefficient (Wildman–Crippen LogP) is 4.72. The maximum Gasteiger partial charge on any atom is 0.247 e. The Morgan fingerprint density at radius 2 is 1.68 bits per heavy atom. The van der Waals surface area contributed by atoms with E-state index in [1.165, 1.54) is 6.42 Å². The summed E-state index contributed by atoms with van der Waals surface area (Å²) in [5.74, 6) is 0.336. The third kappa shape index (κ3) is 6.67. The number of para-hydroxylation sites is 1. The molecule has 214 valence electrons. The molecule has 5 rings (SSSR count). The van der Waals surface area contributed by atoms with Gasteiger partial charge in [0.25, 0.3) is 0 Å². The number of hydrogen-bond donors (Lipinski definition) is 1. The molecule has 0 aliphatic heterocycles. The molecule has 1 saturated carbocycles. The molecule has 0 radical (unpaired) electrons. The zero-order valence-electron chi connectivity index (χ0n) is 24.0. The molecule has 0 saturated heterocycles. The molecule has 4 aromatic rings. The van der Waals surface area contributed by atoms with E-state index in [-0.39, 0.29) is 30.9 Å². The van der Waals surface area contributed by atoms with Crippen LogP contribution in [0.15, 0.2) is 72.8 Å². The van der Waals surface area contributed by atoms with Crippen LogP contribution in [0.5, 0.6) is 5.75 Å². The first-order valence-corrected chi connectivity index (χ1v) is 14.2. The number of amides is 2. The predicted molar refractivity (Wildman–Crippen MR) is 160 cm³/mol. The third-order valence-electron chi connectivity index (χ3n) is 7.77. The third-order valence-corrected chi connectivity index (χ3v) is 7.77. The van der Waals surface area contributed by atoms with Crippen molar-refractivity contribution in [3.63, 3.8) is 0 Å². The molecule has 1 fully saturated rings. The summed E-state index contributed by atoms with van der Waals surface area (Å²) in [5, 5.41) is 11.8. The van der Waals surface area contributed by atoms with Crippen LogP contribution in [-0.4, -0.2) is 59.0 Å². The summed E-state index contributed by atoms with van der Waals surface area (Å²) in [4.78, 5) is 32.0. The highest BCUT2D eigenvalue weighted by Crippen LogP contribution is 2.28. The van der Waals surface area contributed by atoms with Crippen molar-refractivity contribution in [3.8, 4) is 5.75 Å². The molecule has 1 aromatic heterocycles. The summed E-state index contributed by atoms with van der Waals surface area (Å²) < 4.78 is 6.94. The second kappa shape index (κ2) is 12.8. The molecule has 1 aliphatic carbocycles. The van der Waals surface area contributed by atoms with Crippen LogP contribution in [0.1, 0.15) is 49.3 Å². The fourth-order valence-corrected chi connectivity index (χ4v) is 5.46. The van der Waals surface area contributed by atoms with Crippen molar-refractivity contribution >= 4 is 28.5 Å². The molecule has 0 spiro atoms. The van der Waals surface area contributed by atoms with Crippen LogP contribution >= 0.6 is 0 Å².